The van der Waals surface area contributed by atoms with Crippen LogP contribution >= 0.6 is 11.8 Å². The number of nitrogens with zero attached hydrogens (tertiary/aromatic N) is 2. The first-order valence-corrected chi connectivity index (χ1v) is 9.76. The Morgan fingerprint density at radius 2 is 1.54 bits per heavy atom. The highest BCUT2D eigenvalue weighted by atomic mass is 32.2. The van der Waals surface area contributed by atoms with Crippen LogP contribution in [-0.4, -0.2) is 9.97 Å². The third-order valence-corrected chi connectivity index (χ3v) is 6.69. The third kappa shape index (κ3) is 2.20. The quantitative estimate of drug-likeness (QED) is 0.364. The average molecular weight is 356 g/mol. The first-order chi connectivity index (χ1) is 12.4. The second-order valence-corrected chi connectivity index (χ2v) is 9.25. The van der Waals surface area contributed by atoms with Gasteiger partial charge in [-0.1, -0.05) is 36.4 Å². The maximum absolute atomic E-state index is 5.09. The van der Waals surface area contributed by atoms with E-state index in [-0.39, 0.29) is 4.75 Å². The van der Waals surface area contributed by atoms with E-state index < -0.39 is 0 Å². The molecule has 0 fully saturated rings. The number of rotatable bonds is 0. The lowest BCUT2D eigenvalue weighted by Crippen LogP contribution is -2.20. The van der Waals surface area contributed by atoms with Crippen LogP contribution in [0.3, 0.4) is 0 Å². The smallest absolute Gasteiger partial charge is 0.0951 e. The molecule has 5 rings (SSSR count). The summed E-state index contributed by atoms with van der Waals surface area (Å²) in [5, 5.41) is 2.58. The molecule has 0 saturated carbocycles. The van der Waals surface area contributed by atoms with Crippen molar-refractivity contribution in [3.63, 3.8) is 0 Å². The summed E-state index contributed by atoms with van der Waals surface area (Å²) in [7, 11) is 0. The van der Waals surface area contributed by atoms with Gasteiger partial charge in [0.1, 0.15) is 0 Å². The van der Waals surface area contributed by atoms with Gasteiger partial charge < -0.3 is 0 Å². The van der Waals surface area contributed by atoms with E-state index in [0.29, 0.717) is 0 Å². The SMILES string of the molecule is Cc1cc2nc3c(nc2cc1C)C(C)(C)Sc1c-3ccc2ccccc12. The normalized spacial score (nSPS) is 15.1. The number of fused-ring (bicyclic) bond motifs is 6. The Bertz CT molecular complexity index is 1210. The van der Waals surface area contributed by atoms with Gasteiger partial charge in [0.2, 0.25) is 0 Å². The molecule has 1 aromatic heterocycles. The van der Waals surface area contributed by atoms with E-state index in [9.17, 15) is 0 Å². The Morgan fingerprint density at radius 3 is 2.31 bits per heavy atom. The fourth-order valence-corrected chi connectivity index (χ4v) is 5.08. The van der Waals surface area contributed by atoms with Crippen LogP contribution in [0, 0.1) is 13.8 Å². The molecule has 2 nitrogen and oxygen atoms in total. The molecule has 3 aromatic carbocycles. The van der Waals surface area contributed by atoms with Gasteiger partial charge in [-0.25, -0.2) is 9.97 Å². The molecule has 0 aliphatic carbocycles. The average Bonchev–Trinajstić information content (AvgIpc) is 2.61. The Kier molecular flexibility index (Phi) is 3.23. The maximum Gasteiger partial charge on any atom is 0.0951 e. The summed E-state index contributed by atoms with van der Waals surface area (Å²) in [6, 6.07) is 17.3. The van der Waals surface area contributed by atoms with Crippen molar-refractivity contribution in [2.75, 3.05) is 0 Å². The molecule has 1 aliphatic rings. The largest absolute Gasteiger partial charge is 0.247 e. The minimum atomic E-state index is -0.119. The zero-order valence-electron chi connectivity index (χ0n) is 15.4. The monoisotopic (exact) mass is 356 g/mol. The lowest BCUT2D eigenvalue weighted by Gasteiger charge is -2.32. The molecule has 0 atom stereocenters. The van der Waals surface area contributed by atoms with Crippen molar-refractivity contribution in [3.05, 3.63) is 65.4 Å². The third-order valence-electron chi connectivity index (χ3n) is 5.34. The van der Waals surface area contributed by atoms with Gasteiger partial charge in [-0.05, 0) is 61.7 Å². The summed E-state index contributed by atoms with van der Waals surface area (Å²) in [6.07, 6.45) is 0. The van der Waals surface area contributed by atoms with Gasteiger partial charge in [-0.15, -0.1) is 11.8 Å². The van der Waals surface area contributed by atoms with E-state index in [2.05, 4.69) is 76.2 Å². The van der Waals surface area contributed by atoms with Crippen molar-refractivity contribution in [2.45, 2.75) is 37.3 Å². The second-order valence-electron chi connectivity index (χ2n) is 7.62. The minimum Gasteiger partial charge on any atom is -0.247 e. The van der Waals surface area contributed by atoms with Crippen molar-refractivity contribution < 1.29 is 0 Å². The lowest BCUT2D eigenvalue weighted by atomic mass is 9.97. The van der Waals surface area contributed by atoms with E-state index in [0.717, 1.165) is 22.4 Å². The zero-order chi connectivity index (χ0) is 18.1. The van der Waals surface area contributed by atoms with Crippen molar-refractivity contribution in [2.24, 2.45) is 0 Å². The number of benzene rings is 3. The van der Waals surface area contributed by atoms with E-state index >= 15 is 0 Å². The molecule has 0 bridgehead atoms. The number of aryl methyl sites for hydroxylation is 2. The van der Waals surface area contributed by atoms with Gasteiger partial charge in [0.15, 0.2) is 0 Å². The first kappa shape index (κ1) is 15.8. The molecule has 2 heterocycles. The molecule has 0 radical (unpaired) electrons. The van der Waals surface area contributed by atoms with Crippen LogP contribution in [0.5, 0.6) is 0 Å². The highest BCUT2D eigenvalue weighted by molar-refractivity contribution is 8.00. The topological polar surface area (TPSA) is 25.8 Å². The summed E-state index contributed by atoms with van der Waals surface area (Å²) in [5.41, 5.74) is 7.81. The van der Waals surface area contributed by atoms with Gasteiger partial charge in [0.25, 0.3) is 0 Å². The maximum atomic E-state index is 5.09. The molecule has 1 aliphatic heterocycles. The molecular formula is C23H20N2S. The summed E-state index contributed by atoms with van der Waals surface area (Å²) >= 11 is 1.90. The van der Waals surface area contributed by atoms with Crippen molar-refractivity contribution in [1.29, 1.82) is 0 Å². The number of hydrogen-bond donors (Lipinski definition) is 0. The van der Waals surface area contributed by atoms with Crippen LogP contribution in [0.4, 0.5) is 0 Å². The minimum absolute atomic E-state index is 0.119. The number of aromatic nitrogens is 2. The van der Waals surface area contributed by atoms with E-state index in [1.54, 1.807) is 0 Å². The fraction of sp³-hybridized carbons (Fsp3) is 0.217. The fourth-order valence-electron chi connectivity index (χ4n) is 3.76. The van der Waals surface area contributed by atoms with Crippen LogP contribution in [0.2, 0.25) is 0 Å². The number of thioether (sulfide) groups is 1. The van der Waals surface area contributed by atoms with Gasteiger partial charge in [-0.2, -0.15) is 0 Å². The van der Waals surface area contributed by atoms with Crippen molar-refractivity contribution in [3.8, 4) is 11.3 Å². The summed E-state index contributed by atoms with van der Waals surface area (Å²) in [4.78, 5) is 11.5. The standard InChI is InChI=1S/C23H20N2S/c1-13-11-18-19(12-14(13)2)25-22-20(24-18)17-10-9-15-7-5-6-8-16(15)21(17)26-23(22,3)4/h5-12H,1-4H3. The Balaban J connectivity index is 1.89. The molecule has 0 amide bonds. The highest BCUT2D eigenvalue weighted by Crippen LogP contribution is 2.53. The van der Waals surface area contributed by atoms with Crippen LogP contribution in [0.25, 0.3) is 33.1 Å². The van der Waals surface area contributed by atoms with Crippen molar-refractivity contribution >= 4 is 33.6 Å². The molecule has 26 heavy (non-hydrogen) atoms. The molecular weight excluding hydrogens is 336 g/mol. The molecule has 4 aromatic rings. The van der Waals surface area contributed by atoms with Gasteiger partial charge in [0, 0.05) is 10.5 Å². The zero-order valence-corrected chi connectivity index (χ0v) is 16.2. The highest BCUT2D eigenvalue weighted by Gasteiger charge is 2.35. The molecule has 0 unspecified atom stereocenters. The summed E-state index contributed by atoms with van der Waals surface area (Å²) in [6.45, 7) is 8.78. The van der Waals surface area contributed by atoms with Crippen LogP contribution in [-0.2, 0) is 4.75 Å². The Morgan fingerprint density at radius 1 is 0.846 bits per heavy atom. The Hall–Kier alpha value is -2.39. The predicted octanol–water partition coefficient (Wildman–Crippen LogP) is 6.41. The second kappa shape index (κ2) is 5.31. The molecule has 128 valence electrons. The lowest BCUT2D eigenvalue weighted by molar-refractivity contribution is 0.743. The van der Waals surface area contributed by atoms with Crippen LogP contribution in [0.1, 0.15) is 30.7 Å². The van der Waals surface area contributed by atoms with E-state index in [4.69, 9.17) is 9.97 Å². The van der Waals surface area contributed by atoms with Gasteiger partial charge in [0.05, 0.1) is 27.2 Å². The molecule has 3 heteroatoms. The van der Waals surface area contributed by atoms with Crippen LogP contribution in [0.15, 0.2) is 53.4 Å². The first-order valence-electron chi connectivity index (χ1n) is 8.95. The van der Waals surface area contributed by atoms with E-state index in [1.807, 2.05) is 11.8 Å². The summed E-state index contributed by atoms with van der Waals surface area (Å²) < 4.78 is -0.119. The van der Waals surface area contributed by atoms with Crippen LogP contribution < -0.4 is 0 Å². The van der Waals surface area contributed by atoms with Gasteiger partial charge in [-0.3, -0.25) is 0 Å². The Labute approximate surface area is 157 Å². The van der Waals surface area contributed by atoms with E-state index in [1.165, 1.54) is 32.4 Å². The predicted molar refractivity (Wildman–Crippen MR) is 111 cm³/mol. The molecule has 0 saturated heterocycles. The summed E-state index contributed by atoms with van der Waals surface area (Å²) in [5.74, 6) is 0. The molecule has 0 N–H and O–H groups in total. The molecule has 0 spiro atoms. The van der Waals surface area contributed by atoms with Gasteiger partial charge >= 0.3 is 0 Å². The van der Waals surface area contributed by atoms with Crippen molar-refractivity contribution in [1.82, 2.24) is 9.97 Å². The number of hydrogen-bond acceptors (Lipinski definition) is 3.